The molecule has 0 heterocycles. The largest absolute Gasteiger partial charge is 0.417 e. The van der Waals surface area contributed by atoms with Gasteiger partial charge in [-0.1, -0.05) is 31.5 Å². The highest BCUT2D eigenvalue weighted by atomic mass is 35.5. The Kier molecular flexibility index (Phi) is 10.2. The Hall–Kier alpha value is -3.15. The van der Waals surface area contributed by atoms with Gasteiger partial charge in [0.2, 0.25) is 0 Å². The number of ketones is 1. The fourth-order valence-electron chi connectivity index (χ4n) is 8.16. The monoisotopic (exact) mass is 710 g/mol. The number of Topliss-reactive ketones (excluding diaryl/α,β-unsaturated/α-hetero) is 1. The van der Waals surface area contributed by atoms with Crippen molar-refractivity contribution in [2.24, 2.45) is 26.7 Å². The highest BCUT2D eigenvalue weighted by Crippen LogP contribution is 2.55. The normalized spacial score (nSPS) is 26.3. The first-order valence-corrected chi connectivity index (χ1v) is 17.4. The molecule has 1 aromatic carbocycles. The lowest BCUT2D eigenvalue weighted by atomic mass is 9.57. The van der Waals surface area contributed by atoms with Crippen LogP contribution in [-0.4, -0.2) is 46.4 Å². The van der Waals surface area contributed by atoms with Crippen LogP contribution in [0.2, 0.25) is 5.02 Å². The van der Waals surface area contributed by atoms with E-state index >= 15 is 8.78 Å². The second-order valence-corrected chi connectivity index (χ2v) is 15.6. The SMILES string of the molecule is CC1(C)CCC(N(CC(=O)c2c(Cl)cccc2C(F)(F)F)C(C(=CN)C(=NC23CCC(C(=O)N=O)(CC2)CC3)C(C)(F)F)=C2CCC2)CC1. The van der Waals surface area contributed by atoms with Gasteiger partial charge in [0.05, 0.1) is 33.6 Å². The molecule has 1 amide bonds. The van der Waals surface area contributed by atoms with Crippen molar-refractivity contribution in [3.63, 3.8) is 0 Å². The molecule has 13 heteroatoms. The van der Waals surface area contributed by atoms with Crippen LogP contribution in [0.1, 0.15) is 120 Å². The first-order valence-electron chi connectivity index (χ1n) is 17.0. The van der Waals surface area contributed by atoms with Crippen LogP contribution >= 0.6 is 11.6 Å². The first-order chi connectivity index (χ1) is 22.9. The van der Waals surface area contributed by atoms with Crippen LogP contribution in [0.25, 0.3) is 0 Å². The van der Waals surface area contributed by atoms with Gasteiger partial charge in [0, 0.05) is 35.6 Å². The third-order valence-corrected chi connectivity index (χ3v) is 11.7. The highest BCUT2D eigenvalue weighted by Gasteiger charge is 2.54. The van der Waals surface area contributed by atoms with E-state index in [1.807, 2.05) is 0 Å². The zero-order valence-electron chi connectivity index (χ0n) is 28.2. The summed E-state index contributed by atoms with van der Waals surface area (Å²) in [6.07, 6.45) is 2.65. The number of carbonyl (C=O) groups is 2. The van der Waals surface area contributed by atoms with E-state index in [1.54, 1.807) is 4.90 Å². The minimum absolute atomic E-state index is 0.00511. The molecule has 0 atom stereocenters. The van der Waals surface area contributed by atoms with Crippen molar-refractivity contribution < 1.29 is 31.5 Å². The fraction of sp³-hybridized carbons (Fsp3) is 0.639. The lowest BCUT2D eigenvalue weighted by Gasteiger charge is -2.50. The lowest BCUT2D eigenvalue weighted by Crippen LogP contribution is -2.50. The third kappa shape index (κ3) is 7.49. The Morgan fingerprint density at radius 3 is 2.06 bits per heavy atom. The number of rotatable bonds is 10. The zero-order valence-corrected chi connectivity index (χ0v) is 29.0. The molecule has 1 aromatic rings. The predicted molar refractivity (Wildman–Crippen MR) is 178 cm³/mol. The van der Waals surface area contributed by atoms with Crippen LogP contribution in [0.4, 0.5) is 22.0 Å². The number of nitrogens with zero attached hydrogens (tertiary/aromatic N) is 3. The quantitative estimate of drug-likeness (QED) is 0.113. The van der Waals surface area contributed by atoms with Crippen molar-refractivity contribution >= 4 is 29.0 Å². The summed E-state index contributed by atoms with van der Waals surface area (Å²) in [6.45, 7) is 4.46. The van der Waals surface area contributed by atoms with Gasteiger partial charge in [0.15, 0.2) is 5.78 Å². The minimum Gasteiger partial charge on any atom is -0.404 e. The molecular weight excluding hydrogens is 667 g/mol. The van der Waals surface area contributed by atoms with Gasteiger partial charge in [-0.2, -0.15) is 22.0 Å². The molecular formula is C36H44ClF5N4O3. The molecule has 7 nitrogen and oxygen atoms in total. The number of hydrogen-bond acceptors (Lipinski definition) is 6. The van der Waals surface area contributed by atoms with E-state index in [-0.39, 0.29) is 22.1 Å². The molecule has 6 rings (SSSR count). The van der Waals surface area contributed by atoms with Gasteiger partial charge in [-0.15, -0.1) is 4.91 Å². The Bertz CT molecular complexity index is 1550. The number of alkyl halides is 5. The summed E-state index contributed by atoms with van der Waals surface area (Å²) in [5, 5.41) is 2.32. The van der Waals surface area contributed by atoms with Gasteiger partial charge in [-0.3, -0.25) is 14.6 Å². The zero-order chi connectivity index (χ0) is 36.0. The number of fused-ring (bicyclic) bond motifs is 3. The summed E-state index contributed by atoms with van der Waals surface area (Å²) in [5.41, 5.74) is 3.13. The Morgan fingerprint density at radius 1 is 1.00 bits per heavy atom. The molecule has 5 fully saturated rings. The van der Waals surface area contributed by atoms with Crippen molar-refractivity contribution in [1.29, 1.82) is 0 Å². The van der Waals surface area contributed by atoms with Crippen molar-refractivity contribution in [2.45, 2.75) is 128 Å². The summed E-state index contributed by atoms with van der Waals surface area (Å²) in [6, 6.07) is 2.84. The average molecular weight is 711 g/mol. The molecule has 5 saturated carbocycles. The summed E-state index contributed by atoms with van der Waals surface area (Å²) in [7, 11) is 0. The minimum atomic E-state index is -4.85. The standard InChI is InChI=1S/C36H44ClF5N4O3/c1-32(2)12-10-23(11-13-32)46(21-27(47)28-25(36(40,41)42)8-5-9-26(28)37)29(22-6-4-7-22)24(20-43)30(33(3,38)39)44-35-17-14-34(15-18-35,16-19-35)31(48)45-49/h5,8-9,20,23H,4,6-7,10-19,21,43H2,1-3H3. The van der Waals surface area contributed by atoms with Crippen LogP contribution < -0.4 is 5.73 Å². The van der Waals surface area contributed by atoms with Gasteiger partial charge >= 0.3 is 6.18 Å². The Balaban J connectivity index is 1.61. The summed E-state index contributed by atoms with van der Waals surface area (Å²) < 4.78 is 74.1. The van der Waals surface area contributed by atoms with Gasteiger partial charge in [0.25, 0.3) is 11.8 Å². The summed E-state index contributed by atoms with van der Waals surface area (Å²) in [4.78, 5) is 44.0. The number of nitroso groups, excluding NO2 is 1. The number of allylic oxidation sites excluding steroid dienone is 2. The molecule has 2 N–H and O–H groups in total. The van der Waals surface area contributed by atoms with Crippen molar-refractivity contribution in [1.82, 2.24) is 4.90 Å². The second-order valence-electron chi connectivity index (χ2n) is 15.2. The molecule has 0 aromatic heterocycles. The van der Waals surface area contributed by atoms with Crippen LogP contribution in [0.5, 0.6) is 0 Å². The number of amides is 1. The van der Waals surface area contributed by atoms with E-state index in [1.165, 1.54) is 6.07 Å². The van der Waals surface area contributed by atoms with E-state index in [0.717, 1.165) is 50.1 Å². The first kappa shape index (κ1) is 37.1. The number of aliphatic imine (C=N–C) groups is 1. The van der Waals surface area contributed by atoms with Crippen LogP contribution in [-0.2, 0) is 11.0 Å². The number of carbonyl (C=O) groups excluding carboxylic acids is 2. The van der Waals surface area contributed by atoms with E-state index < -0.39 is 58.1 Å². The number of nitrogens with two attached hydrogens (primary N) is 1. The molecule has 268 valence electrons. The second kappa shape index (κ2) is 13.5. The summed E-state index contributed by atoms with van der Waals surface area (Å²) >= 11 is 6.25. The molecule has 5 aliphatic rings. The van der Waals surface area contributed by atoms with Gasteiger partial charge in [0.1, 0.15) is 5.71 Å². The van der Waals surface area contributed by atoms with E-state index in [0.29, 0.717) is 69.9 Å². The number of hydrogen-bond donors (Lipinski definition) is 1. The fourth-order valence-corrected chi connectivity index (χ4v) is 8.44. The van der Waals surface area contributed by atoms with Crippen LogP contribution in [0.15, 0.2) is 51.4 Å². The molecule has 0 radical (unpaired) electrons. The van der Waals surface area contributed by atoms with Crippen molar-refractivity contribution in [3.8, 4) is 0 Å². The maximum absolute atomic E-state index is 15.9. The lowest BCUT2D eigenvalue weighted by molar-refractivity contribution is -0.138. The smallest absolute Gasteiger partial charge is 0.404 e. The Morgan fingerprint density at radius 2 is 1.59 bits per heavy atom. The average Bonchev–Trinajstić information content (AvgIpc) is 3.01. The number of halogens is 6. The summed E-state index contributed by atoms with van der Waals surface area (Å²) in [5.74, 6) is -5.08. The van der Waals surface area contributed by atoms with Gasteiger partial charge in [-0.05, 0) is 107 Å². The van der Waals surface area contributed by atoms with Gasteiger partial charge in [-0.25, -0.2) is 0 Å². The molecule has 2 bridgehead atoms. The van der Waals surface area contributed by atoms with Crippen molar-refractivity contribution in [2.75, 3.05) is 6.54 Å². The topological polar surface area (TPSA) is 105 Å². The molecule has 0 aliphatic heterocycles. The van der Waals surface area contributed by atoms with E-state index in [4.69, 9.17) is 22.3 Å². The van der Waals surface area contributed by atoms with E-state index in [9.17, 15) is 27.7 Å². The molecule has 49 heavy (non-hydrogen) atoms. The molecule has 5 aliphatic carbocycles. The predicted octanol–water partition coefficient (Wildman–Crippen LogP) is 9.58. The highest BCUT2D eigenvalue weighted by molar-refractivity contribution is 6.34. The van der Waals surface area contributed by atoms with Crippen molar-refractivity contribution in [3.05, 3.63) is 62.3 Å². The maximum atomic E-state index is 15.9. The Labute approximate surface area is 288 Å². The van der Waals surface area contributed by atoms with Crippen LogP contribution in [0.3, 0.4) is 0 Å². The molecule has 0 unspecified atom stereocenters. The van der Waals surface area contributed by atoms with Gasteiger partial charge < -0.3 is 10.6 Å². The number of benzene rings is 1. The maximum Gasteiger partial charge on any atom is 0.417 e. The van der Waals surface area contributed by atoms with E-state index in [2.05, 4.69) is 19.0 Å². The molecule has 0 spiro atoms. The van der Waals surface area contributed by atoms with Crippen LogP contribution in [0, 0.1) is 15.7 Å². The molecule has 0 saturated heterocycles. The third-order valence-electron chi connectivity index (χ3n) is 11.4.